The molecule has 2 aromatic rings. The van der Waals surface area contributed by atoms with Gasteiger partial charge in [-0.15, -0.1) is 0 Å². The van der Waals surface area contributed by atoms with Crippen molar-refractivity contribution in [2.45, 2.75) is 33.6 Å². The predicted octanol–water partition coefficient (Wildman–Crippen LogP) is 3.22. The Morgan fingerprint density at radius 2 is 2.11 bits per heavy atom. The van der Waals surface area contributed by atoms with Gasteiger partial charge in [-0.3, -0.25) is 0 Å². The van der Waals surface area contributed by atoms with E-state index in [-0.39, 0.29) is 0 Å². The molecule has 0 aliphatic carbocycles. The molecule has 2 rings (SSSR count). The summed E-state index contributed by atoms with van der Waals surface area (Å²) in [5, 5.41) is 4.01. The number of nitrogens with zero attached hydrogens (tertiary/aromatic N) is 2. The zero-order valence-electron chi connectivity index (χ0n) is 11.1. The van der Waals surface area contributed by atoms with Gasteiger partial charge in [0.2, 0.25) is 0 Å². The molecular formula is C14H19N3O. The summed E-state index contributed by atoms with van der Waals surface area (Å²) in [4.78, 5) is 4.42. The fourth-order valence-electron chi connectivity index (χ4n) is 1.81. The zero-order chi connectivity index (χ0) is 13.1. The molecule has 0 atom stereocenters. The first-order valence-corrected chi connectivity index (χ1v) is 6.25. The fourth-order valence-corrected chi connectivity index (χ4v) is 1.81. The lowest BCUT2D eigenvalue weighted by Gasteiger charge is -2.01. The Bertz CT molecular complexity index is 532. The van der Waals surface area contributed by atoms with Gasteiger partial charge in [-0.1, -0.05) is 19.0 Å². The first-order chi connectivity index (χ1) is 8.56. The molecule has 0 bridgehead atoms. The molecule has 0 saturated carbocycles. The second kappa shape index (κ2) is 5.21. The Balaban J connectivity index is 2.18. The highest BCUT2D eigenvalue weighted by Crippen LogP contribution is 2.23. The molecule has 0 unspecified atom stereocenters. The van der Waals surface area contributed by atoms with Crippen LogP contribution in [-0.4, -0.2) is 10.1 Å². The second-order valence-corrected chi connectivity index (χ2v) is 5.02. The SMILES string of the molecule is Cc1cc(N)ccc1-c1nc(CCC(C)C)no1. The summed E-state index contributed by atoms with van der Waals surface area (Å²) < 4.78 is 5.30. The van der Waals surface area contributed by atoms with E-state index in [1.165, 1.54) is 0 Å². The number of anilines is 1. The smallest absolute Gasteiger partial charge is 0.258 e. The summed E-state index contributed by atoms with van der Waals surface area (Å²) in [6, 6.07) is 5.68. The van der Waals surface area contributed by atoms with Crippen molar-refractivity contribution in [1.82, 2.24) is 10.1 Å². The van der Waals surface area contributed by atoms with Crippen molar-refractivity contribution in [2.24, 2.45) is 5.92 Å². The maximum atomic E-state index is 5.73. The van der Waals surface area contributed by atoms with E-state index in [1.807, 2.05) is 25.1 Å². The number of aromatic nitrogens is 2. The molecule has 2 N–H and O–H groups in total. The molecule has 0 amide bonds. The minimum Gasteiger partial charge on any atom is -0.399 e. The Morgan fingerprint density at radius 1 is 1.33 bits per heavy atom. The van der Waals surface area contributed by atoms with Crippen LogP contribution in [0.25, 0.3) is 11.5 Å². The highest BCUT2D eigenvalue weighted by atomic mass is 16.5. The Kier molecular flexibility index (Phi) is 3.65. The van der Waals surface area contributed by atoms with Gasteiger partial charge in [0.05, 0.1) is 0 Å². The van der Waals surface area contributed by atoms with E-state index in [1.54, 1.807) is 0 Å². The van der Waals surface area contributed by atoms with Gasteiger partial charge >= 0.3 is 0 Å². The summed E-state index contributed by atoms with van der Waals surface area (Å²) in [6.07, 6.45) is 1.93. The molecule has 4 heteroatoms. The summed E-state index contributed by atoms with van der Waals surface area (Å²) in [6.45, 7) is 6.36. The van der Waals surface area contributed by atoms with E-state index >= 15 is 0 Å². The van der Waals surface area contributed by atoms with Gasteiger partial charge in [0.25, 0.3) is 5.89 Å². The van der Waals surface area contributed by atoms with Crippen LogP contribution in [0.2, 0.25) is 0 Å². The van der Waals surface area contributed by atoms with Crippen molar-refractivity contribution in [3.05, 3.63) is 29.6 Å². The molecule has 0 radical (unpaired) electrons. The van der Waals surface area contributed by atoms with E-state index in [0.717, 1.165) is 35.5 Å². The van der Waals surface area contributed by atoms with Crippen molar-refractivity contribution in [3.8, 4) is 11.5 Å². The average Bonchev–Trinajstić information content (AvgIpc) is 2.75. The number of nitrogens with two attached hydrogens (primary N) is 1. The van der Waals surface area contributed by atoms with Gasteiger partial charge in [-0.05, 0) is 43.0 Å². The second-order valence-electron chi connectivity index (χ2n) is 5.02. The highest BCUT2D eigenvalue weighted by molar-refractivity contribution is 5.62. The summed E-state index contributed by atoms with van der Waals surface area (Å²) in [5.41, 5.74) is 8.47. The van der Waals surface area contributed by atoms with Gasteiger partial charge in [0, 0.05) is 17.7 Å². The molecular weight excluding hydrogens is 226 g/mol. The standard InChI is InChI=1S/C14H19N3O/c1-9(2)4-7-13-16-14(18-17-13)12-6-5-11(15)8-10(12)3/h5-6,8-9H,4,7,15H2,1-3H3. The number of rotatable bonds is 4. The van der Waals surface area contributed by atoms with Crippen LogP contribution in [0, 0.1) is 12.8 Å². The summed E-state index contributed by atoms with van der Waals surface area (Å²) >= 11 is 0. The molecule has 4 nitrogen and oxygen atoms in total. The van der Waals surface area contributed by atoms with Crippen molar-refractivity contribution in [1.29, 1.82) is 0 Å². The average molecular weight is 245 g/mol. The molecule has 1 aromatic carbocycles. The van der Waals surface area contributed by atoms with Crippen LogP contribution in [0.5, 0.6) is 0 Å². The van der Waals surface area contributed by atoms with Crippen LogP contribution < -0.4 is 5.73 Å². The minimum atomic E-state index is 0.575. The number of hydrogen-bond acceptors (Lipinski definition) is 4. The van der Waals surface area contributed by atoms with Crippen LogP contribution in [-0.2, 0) is 6.42 Å². The third kappa shape index (κ3) is 2.88. The number of benzene rings is 1. The van der Waals surface area contributed by atoms with Gasteiger partial charge in [-0.25, -0.2) is 0 Å². The maximum Gasteiger partial charge on any atom is 0.258 e. The van der Waals surface area contributed by atoms with Crippen molar-refractivity contribution in [3.63, 3.8) is 0 Å². The van der Waals surface area contributed by atoms with Crippen LogP contribution in [0.4, 0.5) is 5.69 Å². The molecule has 0 aliphatic rings. The highest BCUT2D eigenvalue weighted by Gasteiger charge is 2.11. The van der Waals surface area contributed by atoms with Gasteiger partial charge in [-0.2, -0.15) is 4.98 Å². The monoisotopic (exact) mass is 245 g/mol. The fraction of sp³-hybridized carbons (Fsp3) is 0.429. The first kappa shape index (κ1) is 12.6. The molecule has 0 fully saturated rings. The zero-order valence-corrected chi connectivity index (χ0v) is 11.1. The molecule has 1 heterocycles. The van der Waals surface area contributed by atoms with Crippen molar-refractivity contribution >= 4 is 5.69 Å². The largest absolute Gasteiger partial charge is 0.399 e. The van der Waals surface area contributed by atoms with Crippen molar-refractivity contribution < 1.29 is 4.52 Å². The summed E-state index contributed by atoms with van der Waals surface area (Å²) in [7, 11) is 0. The van der Waals surface area contributed by atoms with E-state index in [2.05, 4.69) is 24.0 Å². The first-order valence-electron chi connectivity index (χ1n) is 6.25. The lowest BCUT2D eigenvalue weighted by Crippen LogP contribution is -1.94. The Morgan fingerprint density at radius 3 is 2.78 bits per heavy atom. The van der Waals surface area contributed by atoms with E-state index in [9.17, 15) is 0 Å². The maximum absolute atomic E-state index is 5.73. The lowest BCUT2D eigenvalue weighted by molar-refractivity contribution is 0.419. The van der Waals surface area contributed by atoms with Gasteiger partial charge < -0.3 is 10.3 Å². The topological polar surface area (TPSA) is 64.9 Å². The number of nitrogen functional groups attached to an aromatic ring is 1. The van der Waals surface area contributed by atoms with E-state index in [4.69, 9.17) is 10.3 Å². The third-order valence-electron chi connectivity index (χ3n) is 2.89. The summed E-state index contributed by atoms with van der Waals surface area (Å²) in [5.74, 6) is 1.99. The molecule has 18 heavy (non-hydrogen) atoms. The number of aryl methyl sites for hydroxylation is 2. The van der Waals surface area contributed by atoms with Crippen LogP contribution >= 0.6 is 0 Å². The molecule has 1 aromatic heterocycles. The Hall–Kier alpha value is -1.84. The normalized spacial score (nSPS) is 11.1. The molecule has 96 valence electrons. The van der Waals surface area contributed by atoms with Gasteiger partial charge in [0.15, 0.2) is 5.82 Å². The predicted molar refractivity (Wildman–Crippen MR) is 72.0 cm³/mol. The molecule has 0 aliphatic heterocycles. The lowest BCUT2D eigenvalue weighted by atomic mass is 10.1. The quantitative estimate of drug-likeness (QED) is 0.840. The molecule has 0 spiro atoms. The minimum absolute atomic E-state index is 0.575. The van der Waals surface area contributed by atoms with Crippen molar-refractivity contribution in [2.75, 3.05) is 5.73 Å². The Labute approximate surface area is 107 Å². The van der Waals surface area contributed by atoms with E-state index in [0.29, 0.717) is 11.8 Å². The van der Waals surface area contributed by atoms with Crippen LogP contribution in [0.15, 0.2) is 22.7 Å². The van der Waals surface area contributed by atoms with Gasteiger partial charge in [0.1, 0.15) is 0 Å². The third-order valence-corrected chi connectivity index (χ3v) is 2.89. The number of hydrogen-bond donors (Lipinski definition) is 1. The van der Waals surface area contributed by atoms with E-state index < -0.39 is 0 Å². The van der Waals surface area contributed by atoms with Crippen LogP contribution in [0.3, 0.4) is 0 Å². The molecule has 0 saturated heterocycles. The van der Waals surface area contributed by atoms with Crippen LogP contribution in [0.1, 0.15) is 31.7 Å².